The number of hydrogen-bond donors (Lipinski definition) is 2. The second-order valence-electron chi connectivity index (χ2n) is 5.00. The highest BCUT2D eigenvalue weighted by atomic mass is 35.5. The van der Waals surface area contributed by atoms with Gasteiger partial charge in [0.05, 0.1) is 0 Å². The van der Waals surface area contributed by atoms with E-state index in [4.69, 9.17) is 23.8 Å². The lowest BCUT2D eigenvalue weighted by molar-refractivity contribution is 0.526. The minimum absolute atomic E-state index is 0.485. The molecule has 2 N–H and O–H groups in total. The molecule has 0 amide bonds. The largest absolute Gasteiger partial charge is 0.359 e. The number of fused-ring (bicyclic) bond motifs is 2. The molecule has 0 aromatic heterocycles. The number of anilines is 1. The van der Waals surface area contributed by atoms with Crippen LogP contribution in [-0.4, -0.2) is 11.2 Å². The number of hydrogen-bond acceptors (Lipinski definition) is 1. The van der Waals surface area contributed by atoms with Crippen molar-refractivity contribution in [1.82, 2.24) is 5.32 Å². The van der Waals surface area contributed by atoms with Gasteiger partial charge in [-0.15, -0.1) is 0 Å². The van der Waals surface area contributed by atoms with E-state index in [1.807, 2.05) is 24.3 Å². The Balaban J connectivity index is 1.58. The molecule has 18 heavy (non-hydrogen) atoms. The molecule has 0 radical (unpaired) electrons. The molecule has 0 heterocycles. The Hall–Kier alpha value is -1.06. The van der Waals surface area contributed by atoms with E-state index in [0.29, 0.717) is 22.1 Å². The van der Waals surface area contributed by atoms with Crippen LogP contribution < -0.4 is 10.6 Å². The third-order valence-corrected chi connectivity index (χ3v) is 4.13. The molecule has 1 aromatic rings. The molecule has 0 unspecified atom stereocenters. The van der Waals surface area contributed by atoms with E-state index >= 15 is 0 Å². The van der Waals surface area contributed by atoms with Crippen molar-refractivity contribution in [3.8, 4) is 0 Å². The highest BCUT2D eigenvalue weighted by molar-refractivity contribution is 7.80. The number of halogens is 1. The number of thiocarbonyl (C=S) groups is 1. The smallest absolute Gasteiger partial charge is 0.171 e. The van der Waals surface area contributed by atoms with Crippen molar-refractivity contribution in [3.63, 3.8) is 0 Å². The maximum absolute atomic E-state index is 5.94. The first kappa shape index (κ1) is 12.0. The van der Waals surface area contributed by atoms with Crippen LogP contribution in [0.15, 0.2) is 36.4 Å². The lowest BCUT2D eigenvalue weighted by Crippen LogP contribution is -2.40. The molecule has 3 atom stereocenters. The molecule has 2 nitrogen and oxygen atoms in total. The van der Waals surface area contributed by atoms with Crippen molar-refractivity contribution in [2.24, 2.45) is 11.8 Å². The molecular weight excluding hydrogens is 264 g/mol. The predicted octanol–water partition coefficient (Wildman–Crippen LogP) is 3.59. The monoisotopic (exact) mass is 278 g/mol. The highest BCUT2D eigenvalue weighted by Gasteiger charge is 2.35. The average Bonchev–Trinajstić information content (AvgIpc) is 2.90. The van der Waals surface area contributed by atoms with Crippen molar-refractivity contribution < 1.29 is 0 Å². The van der Waals surface area contributed by atoms with Gasteiger partial charge in [-0.3, -0.25) is 0 Å². The molecule has 94 valence electrons. The molecule has 0 aliphatic heterocycles. The minimum Gasteiger partial charge on any atom is -0.359 e. The molecule has 0 spiro atoms. The van der Waals surface area contributed by atoms with E-state index in [2.05, 4.69) is 22.8 Å². The SMILES string of the molecule is S=C(Nc1cccc(Cl)c1)N[C@@H]1C[C@H]2C=C[C@@H]1C2. The number of nitrogens with one attached hydrogen (secondary N) is 2. The minimum atomic E-state index is 0.485. The molecule has 1 aromatic carbocycles. The fourth-order valence-corrected chi connectivity index (χ4v) is 3.31. The lowest BCUT2D eigenvalue weighted by Gasteiger charge is -2.21. The van der Waals surface area contributed by atoms with Gasteiger partial charge in [-0.25, -0.2) is 0 Å². The lowest BCUT2D eigenvalue weighted by atomic mass is 10.0. The van der Waals surface area contributed by atoms with Crippen LogP contribution >= 0.6 is 23.8 Å². The molecule has 1 fully saturated rings. The van der Waals surface area contributed by atoms with Gasteiger partial charge in [0.1, 0.15) is 0 Å². The normalized spacial score (nSPS) is 28.4. The fourth-order valence-electron chi connectivity index (χ4n) is 2.85. The molecule has 0 saturated heterocycles. The van der Waals surface area contributed by atoms with Gasteiger partial charge >= 0.3 is 0 Å². The van der Waals surface area contributed by atoms with Crippen LogP contribution in [0.2, 0.25) is 5.02 Å². The van der Waals surface area contributed by atoms with Gasteiger partial charge in [-0.1, -0.05) is 29.8 Å². The van der Waals surface area contributed by atoms with Crippen molar-refractivity contribution in [3.05, 3.63) is 41.4 Å². The summed E-state index contributed by atoms with van der Waals surface area (Å²) >= 11 is 11.3. The zero-order valence-corrected chi connectivity index (χ0v) is 11.5. The van der Waals surface area contributed by atoms with Gasteiger partial charge in [0.15, 0.2) is 5.11 Å². The van der Waals surface area contributed by atoms with Crippen molar-refractivity contribution in [2.45, 2.75) is 18.9 Å². The van der Waals surface area contributed by atoms with E-state index in [0.717, 1.165) is 11.6 Å². The van der Waals surface area contributed by atoms with Crippen molar-refractivity contribution in [2.75, 3.05) is 5.32 Å². The Kier molecular flexibility index (Phi) is 3.27. The third-order valence-electron chi connectivity index (χ3n) is 3.68. The molecule has 2 aliphatic rings. The molecular formula is C14H15ClN2S. The summed E-state index contributed by atoms with van der Waals surface area (Å²) in [4.78, 5) is 0. The van der Waals surface area contributed by atoms with E-state index in [9.17, 15) is 0 Å². The maximum atomic E-state index is 5.94. The van der Waals surface area contributed by atoms with Gasteiger partial charge in [-0.05, 0) is 55.1 Å². The van der Waals surface area contributed by atoms with Gasteiger partial charge in [0, 0.05) is 16.8 Å². The van der Waals surface area contributed by atoms with Gasteiger partial charge < -0.3 is 10.6 Å². The summed E-state index contributed by atoms with van der Waals surface area (Å²) in [6.45, 7) is 0. The number of rotatable bonds is 2. The maximum Gasteiger partial charge on any atom is 0.171 e. The van der Waals surface area contributed by atoms with Gasteiger partial charge in [-0.2, -0.15) is 0 Å². The molecule has 3 rings (SSSR count). The third kappa shape index (κ3) is 2.52. The Morgan fingerprint density at radius 2 is 2.17 bits per heavy atom. The molecule has 2 bridgehead atoms. The Morgan fingerprint density at radius 3 is 2.83 bits per heavy atom. The first-order valence-electron chi connectivity index (χ1n) is 6.22. The van der Waals surface area contributed by atoms with Crippen LogP contribution in [0.5, 0.6) is 0 Å². The summed E-state index contributed by atoms with van der Waals surface area (Å²) in [5.41, 5.74) is 0.929. The van der Waals surface area contributed by atoms with Gasteiger partial charge in [0.25, 0.3) is 0 Å². The average molecular weight is 279 g/mol. The standard InChI is InChI=1S/C14H15ClN2S/c15-11-2-1-3-12(8-11)16-14(18)17-13-7-9-4-5-10(13)6-9/h1-5,8-10,13H,6-7H2,(H2,16,17,18)/t9-,10+,13+/m0/s1. The van der Waals surface area contributed by atoms with Gasteiger partial charge in [0.2, 0.25) is 0 Å². The zero-order chi connectivity index (χ0) is 12.5. The Labute approximate surface area is 117 Å². The summed E-state index contributed by atoms with van der Waals surface area (Å²) in [5.74, 6) is 1.40. The van der Waals surface area contributed by atoms with Crippen molar-refractivity contribution >= 4 is 34.6 Å². The first-order chi connectivity index (χ1) is 8.70. The van der Waals surface area contributed by atoms with E-state index in [1.165, 1.54) is 12.8 Å². The quantitative estimate of drug-likeness (QED) is 0.639. The topological polar surface area (TPSA) is 24.1 Å². The van der Waals surface area contributed by atoms with Crippen LogP contribution in [0, 0.1) is 11.8 Å². The van der Waals surface area contributed by atoms with E-state index in [-0.39, 0.29) is 0 Å². The van der Waals surface area contributed by atoms with Crippen LogP contribution in [-0.2, 0) is 0 Å². The molecule has 4 heteroatoms. The van der Waals surface area contributed by atoms with Crippen molar-refractivity contribution in [1.29, 1.82) is 0 Å². The summed E-state index contributed by atoms with van der Waals surface area (Å²) in [6.07, 6.45) is 7.11. The molecule has 2 aliphatic carbocycles. The second-order valence-corrected chi connectivity index (χ2v) is 5.84. The summed E-state index contributed by atoms with van der Waals surface area (Å²) in [5, 5.41) is 7.98. The van der Waals surface area contributed by atoms with Crippen LogP contribution in [0.3, 0.4) is 0 Å². The molecule has 1 saturated carbocycles. The second kappa shape index (κ2) is 4.90. The Bertz CT molecular complexity index is 500. The first-order valence-corrected chi connectivity index (χ1v) is 7.01. The number of allylic oxidation sites excluding steroid dienone is 1. The predicted molar refractivity (Wildman–Crippen MR) is 80.0 cm³/mol. The van der Waals surface area contributed by atoms with Crippen LogP contribution in [0.4, 0.5) is 5.69 Å². The summed E-state index contributed by atoms with van der Waals surface area (Å²) in [7, 11) is 0. The van der Waals surface area contributed by atoms with Crippen LogP contribution in [0.25, 0.3) is 0 Å². The zero-order valence-electron chi connectivity index (χ0n) is 9.90. The Morgan fingerprint density at radius 1 is 1.28 bits per heavy atom. The fraction of sp³-hybridized carbons (Fsp3) is 0.357. The van der Waals surface area contributed by atoms with Crippen LogP contribution in [0.1, 0.15) is 12.8 Å². The van der Waals surface area contributed by atoms with E-state index in [1.54, 1.807) is 0 Å². The summed E-state index contributed by atoms with van der Waals surface area (Å²) in [6, 6.07) is 8.08. The summed E-state index contributed by atoms with van der Waals surface area (Å²) < 4.78 is 0. The highest BCUT2D eigenvalue weighted by Crippen LogP contribution is 2.38. The number of benzene rings is 1. The van der Waals surface area contributed by atoms with E-state index < -0.39 is 0 Å².